The fourth-order valence-corrected chi connectivity index (χ4v) is 0.609. The zero-order chi connectivity index (χ0) is 6.20. The predicted octanol–water partition coefficient (Wildman–Crippen LogP) is 0.696. The fourth-order valence-electron chi connectivity index (χ4n) is 0.496. The zero-order valence-corrected chi connectivity index (χ0v) is 5.68. The summed E-state index contributed by atoms with van der Waals surface area (Å²) in [6, 6.07) is 0. The lowest BCUT2D eigenvalue weighted by Crippen LogP contribution is -2.24. The Hall–Kier alpha value is -0.370. The van der Waals surface area contributed by atoms with Gasteiger partial charge in [0.2, 0.25) is 0 Å². The molecule has 0 spiro atoms. The van der Waals surface area contributed by atoms with E-state index in [2.05, 4.69) is 4.99 Å². The van der Waals surface area contributed by atoms with Gasteiger partial charge in [-0.15, -0.1) is 0 Å². The molecule has 0 saturated carbocycles. The molecule has 1 aliphatic rings. The summed E-state index contributed by atoms with van der Waals surface area (Å²) >= 11 is 5.81. The van der Waals surface area contributed by atoms with Gasteiger partial charge in [0, 0.05) is 6.92 Å². The van der Waals surface area contributed by atoms with E-state index in [1.54, 1.807) is 6.21 Å². The maximum atomic E-state index is 5.81. The van der Waals surface area contributed by atoms with Crippen LogP contribution in [-0.4, -0.2) is 29.2 Å². The third-order valence-electron chi connectivity index (χ3n) is 1.24. The zero-order valence-electron chi connectivity index (χ0n) is 4.93. The van der Waals surface area contributed by atoms with Gasteiger partial charge >= 0.3 is 5.12 Å². The Morgan fingerprint density at radius 1 is 1.75 bits per heavy atom. The molecule has 0 saturated heterocycles. The molecule has 0 fully saturated rings. The second-order valence-electron chi connectivity index (χ2n) is 1.94. The quantitative estimate of drug-likeness (QED) is 0.261. The minimum absolute atomic E-state index is 0.528. The lowest BCUT2D eigenvalue weighted by atomic mass is 10.6. The average Bonchev–Trinajstić information content (AvgIpc) is 1.86. The van der Waals surface area contributed by atoms with E-state index in [4.69, 9.17) is 11.6 Å². The maximum absolute atomic E-state index is 5.81. The van der Waals surface area contributed by atoms with Gasteiger partial charge in [0.15, 0.2) is 6.21 Å². The minimum atomic E-state index is -0.528. The molecule has 3 heteroatoms. The largest absolute Gasteiger partial charge is 0.331 e. The van der Waals surface area contributed by atoms with Crippen molar-refractivity contribution in [2.24, 2.45) is 4.99 Å². The van der Waals surface area contributed by atoms with Crippen molar-refractivity contribution in [3.63, 3.8) is 0 Å². The standard InChI is InChI=1S/C5H8ClN2/c1-5(6)7-3-4-8(5)2/h3-4H,1-2H3/q+1. The van der Waals surface area contributed by atoms with Crippen LogP contribution in [0.4, 0.5) is 0 Å². The molecule has 1 aliphatic heterocycles. The molecule has 0 aromatic carbocycles. The van der Waals surface area contributed by atoms with Crippen LogP contribution in [0.1, 0.15) is 6.92 Å². The number of aliphatic imine (C=N–C) groups is 1. The number of hydrogen-bond donors (Lipinski definition) is 0. The smallest absolute Gasteiger partial charge is 0.202 e. The summed E-state index contributed by atoms with van der Waals surface area (Å²) in [5.74, 6) is 0. The molecular weight excluding hydrogens is 124 g/mol. The first-order chi connectivity index (χ1) is 3.63. The van der Waals surface area contributed by atoms with Crippen molar-refractivity contribution < 1.29 is 4.58 Å². The maximum Gasteiger partial charge on any atom is 0.331 e. The first-order valence-corrected chi connectivity index (χ1v) is 2.81. The summed E-state index contributed by atoms with van der Waals surface area (Å²) in [4.78, 5) is 3.96. The second kappa shape index (κ2) is 1.55. The summed E-state index contributed by atoms with van der Waals surface area (Å²) in [6.45, 7) is 1.84. The van der Waals surface area contributed by atoms with Gasteiger partial charge in [0.1, 0.15) is 7.05 Å². The van der Waals surface area contributed by atoms with Gasteiger partial charge in [-0.3, -0.25) is 0 Å². The predicted molar refractivity (Wildman–Crippen MR) is 35.0 cm³/mol. The Labute approximate surface area is 53.5 Å². The minimum Gasteiger partial charge on any atom is -0.202 e. The van der Waals surface area contributed by atoms with Crippen molar-refractivity contribution in [3.8, 4) is 0 Å². The van der Waals surface area contributed by atoms with E-state index in [9.17, 15) is 0 Å². The van der Waals surface area contributed by atoms with Crippen molar-refractivity contribution in [2.45, 2.75) is 12.0 Å². The first-order valence-electron chi connectivity index (χ1n) is 2.43. The van der Waals surface area contributed by atoms with Crippen LogP contribution in [0.15, 0.2) is 4.99 Å². The van der Waals surface area contributed by atoms with Crippen LogP contribution in [0.25, 0.3) is 0 Å². The molecule has 0 radical (unpaired) electrons. The Kier molecular flexibility index (Phi) is 1.12. The fraction of sp³-hybridized carbons (Fsp3) is 0.600. The van der Waals surface area contributed by atoms with Crippen LogP contribution in [0.5, 0.6) is 0 Å². The summed E-state index contributed by atoms with van der Waals surface area (Å²) < 4.78 is 1.84. The molecule has 0 aromatic heterocycles. The highest BCUT2D eigenvalue weighted by molar-refractivity contribution is 6.26. The number of halogens is 1. The Balaban J connectivity index is 2.87. The van der Waals surface area contributed by atoms with Crippen molar-refractivity contribution in [1.29, 1.82) is 0 Å². The molecule has 1 unspecified atom stereocenters. The molecule has 8 heavy (non-hydrogen) atoms. The van der Waals surface area contributed by atoms with Crippen molar-refractivity contribution in [2.75, 3.05) is 7.05 Å². The average molecular weight is 132 g/mol. The molecule has 0 aliphatic carbocycles. The number of rotatable bonds is 0. The topological polar surface area (TPSA) is 15.4 Å². The number of nitrogens with zero attached hydrogens (tertiary/aromatic N) is 2. The lowest BCUT2D eigenvalue weighted by molar-refractivity contribution is -0.541. The van der Waals surface area contributed by atoms with Crippen LogP contribution in [0, 0.1) is 0 Å². The van der Waals surface area contributed by atoms with Gasteiger partial charge in [0.25, 0.3) is 0 Å². The van der Waals surface area contributed by atoms with E-state index in [-0.39, 0.29) is 0 Å². The molecule has 0 amide bonds. The van der Waals surface area contributed by atoms with E-state index in [1.165, 1.54) is 0 Å². The van der Waals surface area contributed by atoms with E-state index < -0.39 is 5.12 Å². The van der Waals surface area contributed by atoms with Crippen molar-refractivity contribution in [3.05, 3.63) is 0 Å². The third kappa shape index (κ3) is 0.757. The normalized spacial score (nSPS) is 35.6. The highest BCUT2D eigenvalue weighted by Gasteiger charge is 2.31. The van der Waals surface area contributed by atoms with E-state index >= 15 is 0 Å². The van der Waals surface area contributed by atoms with E-state index in [0.717, 1.165) is 0 Å². The number of hydrogen-bond acceptors (Lipinski definition) is 1. The van der Waals surface area contributed by atoms with Crippen LogP contribution in [0.2, 0.25) is 0 Å². The first kappa shape index (κ1) is 5.76. The van der Waals surface area contributed by atoms with Gasteiger partial charge in [0.05, 0.1) is 6.21 Å². The summed E-state index contributed by atoms with van der Waals surface area (Å²) in [6.07, 6.45) is 3.54. The second-order valence-corrected chi connectivity index (χ2v) is 2.66. The van der Waals surface area contributed by atoms with E-state index in [1.807, 2.05) is 24.8 Å². The molecule has 1 atom stereocenters. The summed E-state index contributed by atoms with van der Waals surface area (Å²) in [7, 11) is 1.89. The highest BCUT2D eigenvalue weighted by atomic mass is 35.5. The van der Waals surface area contributed by atoms with Gasteiger partial charge in [-0.2, -0.15) is 4.58 Å². The van der Waals surface area contributed by atoms with Crippen molar-refractivity contribution in [1.82, 2.24) is 0 Å². The van der Waals surface area contributed by atoms with Gasteiger partial charge in [-0.05, 0) is 11.6 Å². The van der Waals surface area contributed by atoms with Gasteiger partial charge < -0.3 is 0 Å². The van der Waals surface area contributed by atoms with Gasteiger partial charge in [-0.25, -0.2) is 4.99 Å². The van der Waals surface area contributed by atoms with Gasteiger partial charge in [-0.1, -0.05) is 0 Å². The van der Waals surface area contributed by atoms with E-state index in [0.29, 0.717) is 0 Å². The van der Waals surface area contributed by atoms with Crippen LogP contribution in [0.3, 0.4) is 0 Å². The summed E-state index contributed by atoms with van der Waals surface area (Å²) in [5.41, 5.74) is 0. The Morgan fingerprint density at radius 3 is 2.50 bits per heavy atom. The lowest BCUT2D eigenvalue weighted by Gasteiger charge is -2.05. The molecule has 44 valence electrons. The monoisotopic (exact) mass is 131 g/mol. The highest BCUT2D eigenvalue weighted by Crippen LogP contribution is 2.16. The Bertz CT molecular complexity index is 158. The van der Waals surface area contributed by atoms with Crippen LogP contribution < -0.4 is 0 Å². The molecule has 0 N–H and O–H groups in total. The van der Waals surface area contributed by atoms with Crippen LogP contribution >= 0.6 is 11.6 Å². The molecule has 0 aromatic rings. The molecule has 0 bridgehead atoms. The van der Waals surface area contributed by atoms with Crippen LogP contribution in [-0.2, 0) is 0 Å². The van der Waals surface area contributed by atoms with Crippen molar-refractivity contribution >= 4 is 24.0 Å². The molecule has 1 heterocycles. The molecule has 1 rings (SSSR count). The third-order valence-corrected chi connectivity index (χ3v) is 1.61. The SMILES string of the molecule is C[N+]1=CC=NC1(C)Cl. The summed E-state index contributed by atoms with van der Waals surface area (Å²) in [5, 5.41) is -0.528. The molecular formula is C5H8ClN2+. The molecule has 2 nitrogen and oxygen atoms in total. The Morgan fingerprint density at radius 2 is 2.38 bits per heavy atom. The number of alkyl halides is 1.